The highest BCUT2D eigenvalue weighted by Crippen LogP contribution is 2.31. The zero-order chi connectivity index (χ0) is 14.7. The van der Waals surface area contributed by atoms with E-state index in [1.165, 1.54) is 0 Å². The molecule has 0 unspecified atom stereocenters. The first kappa shape index (κ1) is 13.9. The molecule has 3 aromatic rings. The number of aromatic nitrogens is 3. The van der Waals surface area contributed by atoms with E-state index in [2.05, 4.69) is 15.3 Å². The molecule has 3 rings (SSSR count). The summed E-state index contributed by atoms with van der Waals surface area (Å²) in [6.07, 6.45) is 0. The average molecular weight is 301 g/mol. The lowest BCUT2D eigenvalue weighted by atomic mass is 10.2. The number of aryl methyl sites for hydroxylation is 1. The molecular formula is C15H15N3O2S. The van der Waals surface area contributed by atoms with Gasteiger partial charge in [-0.3, -0.25) is 0 Å². The molecule has 1 aromatic carbocycles. The van der Waals surface area contributed by atoms with Crippen molar-refractivity contribution in [1.29, 1.82) is 0 Å². The van der Waals surface area contributed by atoms with Crippen LogP contribution in [0.15, 0.2) is 45.4 Å². The Labute approximate surface area is 126 Å². The van der Waals surface area contributed by atoms with Gasteiger partial charge in [-0.1, -0.05) is 40.6 Å². The van der Waals surface area contributed by atoms with Gasteiger partial charge >= 0.3 is 0 Å². The molecule has 2 heterocycles. The van der Waals surface area contributed by atoms with Gasteiger partial charge in [0.25, 0.3) is 0 Å². The zero-order valence-corrected chi connectivity index (χ0v) is 12.6. The third-order valence-electron chi connectivity index (χ3n) is 2.97. The van der Waals surface area contributed by atoms with Gasteiger partial charge in [-0.2, -0.15) is 4.98 Å². The Balaban J connectivity index is 1.65. The molecule has 0 bridgehead atoms. The molecule has 0 amide bonds. The Kier molecular flexibility index (Phi) is 4.06. The first-order valence-corrected chi connectivity index (χ1v) is 7.70. The minimum absolute atomic E-state index is 0.0976. The van der Waals surface area contributed by atoms with E-state index in [1.807, 2.05) is 50.2 Å². The van der Waals surface area contributed by atoms with Crippen molar-refractivity contribution in [2.24, 2.45) is 0 Å². The predicted octanol–water partition coefficient (Wildman–Crippen LogP) is 4.03. The molecule has 0 radical (unpaired) electrons. The van der Waals surface area contributed by atoms with Gasteiger partial charge in [0.2, 0.25) is 11.7 Å². The molecule has 108 valence electrons. The molecule has 0 saturated carbocycles. The molecule has 6 heteroatoms. The molecule has 0 aliphatic carbocycles. The van der Waals surface area contributed by atoms with Crippen LogP contribution in [0.1, 0.15) is 29.5 Å². The van der Waals surface area contributed by atoms with E-state index in [0.29, 0.717) is 11.7 Å². The molecule has 21 heavy (non-hydrogen) atoms. The van der Waals surface area contributed by atoms with Crippen molar-refractivity contribution < 1.29 is 9.05 Å². The number of benzene rings is 1. The van der Waals surface area contributed by atoms with Gasteiger partial charge in [-0.25, -0.2) is 0 Å². The highest BCUT2D eigenvalue weighted by Gasteiger charge is 2.16. The van der Waals surface area contributed by atoms with Crippen LogP contribution in [-0.4, -0.2) is 15.3 Å². The average Bonchev–Trinajstić information content (AvgIpc) is 3.15. The van der Waals surface area contributed by atoms with Crippen LogP contribution in [0.3, 0.4) is 0 Å². The standard InChI is InChI=1S/C15H15N3O2S/c1-10-8-13(19-17-10)9-21-11(2)15-16-14(18-20-15)12-6-4-3-5-7-12/h3-8,11H,9H2,1-2H3/t11-/m1/s1. The number of hydrogen-bond acceptors (Lipinski definition) is 6. The largest absolute Gasteiger partial charge is 0.360 e. The van der Waals surface area contributed by atoms with Crippen molar-refractivity contribution in [3.8, 4) is 11.4 Å². The van der Waals surface area contributed by atoms with Crippen LogP contribution >= 0.6 is 11.8 Å². The second kappa shape index (κ2) is 6.13. The van der Waals surface area contributed by atoms with E-state index in [0.717, 1.165) is 22.8 Å². The Morgan fingerprint density at radius 2 is 1.95 bits per heavy atom. The molecule has 0 N–H and O–H groups in total. The van der Waals surface area contributed by atoms with Crippen LogP contribution < -0.4 is 0 Å². The minimum Gasteiger partial charge on any atom is -0.360 e. The second-order valence-corrected chi connectivity index (χ2v) is 6.04. The fourth-order valence-electron chi connectivity index (χ4n) is 1.87. The van der Waals surface area contributed by atoms with Crippen LogP contribution in [0.25, 0.3) is 11.4 Å². The second-order valence-electron chi connectivity index (χ2n) is 4.71. The predicted molar refractivity (Wildman–Crippen MR) is 80.7 cm³/mol. The molecule has 0 saturated heterocycles. The van der Waals surface area contributed by atoms with Crippen molar-refractivity contribution >= 4 is 11.8 Å². The van der Waals surface area contributed by atoms with Crippen LogP contribution in [0.2, 0.25) is 0 Å². The van der Waals surface area contributed by atoms with Gasteiger partial charge in [-0.15, -0.1) is 11.8 Å². The molecule has 0 spiro atoms. The summed E-state index contributed by atoms with van der Waals surface area (Å²) < 4.78 is 10.5. The summed E-state index contributed by atoms with van der Waals surface area (Å²) in [6, 6.07) is 11.7. The Morgan fingerprint density at radius 1 is 1.14 bits per heavy atom. The maximum absolute atomic E-state index is 5.35. The highest BCUT2D eigenvalue weighted by atomic mass is 32.2. The molecule has 0 aliphatic heterocycles. The zero-order valence-electron chi connectivity index (χ0n) is 11.8. The third-order valence-corrected chi connectivity index (χ3v) is 4.13. The Bertz CT molecular complexity index is 709. The monoisotopic (exact) mass is 301 g/mol. The molecule has 0 aliphatic rings. The van der Waals surface area contributed by atoms with Gasteiger partial charge in [0.05, 0.1) is 16.7 Å². The summed E-state index contributed by atoms with van der Waals surface area (Å²) in [5.74, 6) is 2.82. The van der Waals surface area contributed by atoms with Gasteiger partial charge in [0, 0.05) is 11.6 Å². The fourth-order valence-corrected chi connectivity index (χ4v) is 2.66. The van der Waals surface area contributed by atoms with Crippen LogP contribution in [-0.2, 0) is 5.75 Å². The molecule has 2 aromatic heterocycles. The van der Waals surface area contributed by atoms with Crippen molar-refractivity contribution in [3.05, 3.63) is 53.7 Å². The lowest BCUT2D eigenvalue weighted by Gasteiger charge is -2.03. The maximum atomic E-state index is 5.35. The summed E-state index contributed by atoms with van der Waals surface area (Å²) in [5.41, 5.74) is 1.85. The molecule has 1 atom stereocenters. The van der Waals surface area contributed by atoms with E-state index >= 15 is 0 Å². The van der Waals surface area contributed by atoms with E-state index < -0.39 is 0 Å². The Morgan fingerprint density at radius 3 is 2.67 bits per heavy atom. The summed E-state index contributed by atoms with van der Waals surface area (Å²) in [7, 11) is 0. The lowest BCUT2D eigenvalue weighted by Crippen LogP contribution is -1.90. The minimum atomic E-state index is 0.0976. The Hall–Kier alpha value is -2.08. The first-order valence-electron chi connectivity index (χ1n) is 6.65. The summed E-state index contributed by atoms with van der Waals surface area (Å²) in [6.45, 7) is 3.95. The van der Waals surface area contributed by atoms with Gasteiger partial charge in [0.1, 0.15) is 5.76 Å². The molecular weight excluding hydrogens is 286 g/mol. The summed E-state index contributed by atoms with van der Waals surface area (Å²) in [5, 5.41) is 8.00. The molecule has 0 fully saturated rings. The SMILES string of the molecule is Cc1cc(CS[C@H](C)c2nc(-c3ccccc3)no2)on1. The highest BCUT2D eigenvalue weighted by molar-refractivity contribution is 7.98. The number of nitrogens with zero attached hydrogens (tertiary/aromatic N) is 3. The van der Waals surface area contributed by atoms with Gasteiger partial charge < -0.3 is 9.05 Å². The van der Waals surface area contributed by atoms with E-state index in [9.17, 15) is 0 Å². The fraction of sp³-hybridized carbons (Fsp3) is 0.267. The van der Waals surface area contributed by atoms with Crippen LogP contribution in [0.4, 0.5) is 0 Å². The topological polar surface area (TPSA) is 65.0 Å². The van der Waals surface area contributed by atoms with Crippen molar-refractivity contribution in [2.75, 3.05) is 0 Å². The first-order chi connectivity index (χ1) is 10.2. The van der Waals surface area contributed by atoms with Crippen molar-refractivity contribution in [1.82, 2.24) is 15.3 Å². The van der Waals surface area contributed by atoms with E-state index in [4.69, 9.17) is 9.05 Å². The van der Waals surface area contributed by atoms with Crippen molar-refractivity contribution in [2.45, 2.75) is 24.9 Å². The number of hydrogen-bond donors (Lipinski definition) is 0. The third kappa shape index (κ3) is 3.33. The summed E-state index contributed by atoms with van der Waals surface area (Å²) in [4.78, 5) is 4.45. The van der Waals surface area contributed by atoms with E-state index in [1.54, 1.807) is 11.8 Å². The maximum Gasteiger partial charge on any atom is 0.239 e. The van der Waals surface area contributed by atoms with Gasteiger partial charge in [0.15, 0.2) is 0 Å². The molecule has 5 nitrogen and oxygen atoms in total. The summed E-state index contributed by atoms with van der Waals surface area (Å²) >= 11 is 1.67. The van der Waals surface area contributed by atoms with Gasteiger partial charge in [-0.05, 0) is 13.8 Å². The smallest absolute Gasteiger partial charge is 0.239 e. The van der Waals surface area contributed by atoms with Crippen LogP contribution in [0.5, 0.6) is 0 Å². The van der Waals surface area contributed by atoms with Crippen molar-refractivity contribution in [3.63, 3.8) is 0 Å². The number of thioether (sulfide) groups is 1. The number of rotatable bonds is 5. The lowest BCUT2D eigenvalue weighted by molar-refractivity contribution is 0.379. The normalized spacial score (nSPS) is 12.5. The van der Waals surface area contributed by atoms with Crippen LogP contribution in [0, 0.1) is 6.92 Å². The quantitative estimate of drug-likeness (QED) is 0.709. The van der Waals surface area contributed by atoms with E-state index in [-0.39, 0.29) is 5.25 Å².